The van der Waals surface area contributed by atoms with Gasteiger partial charge in [-0.25, -0.2) is 13.1 Å². The maximum atomic E-state index is 12.7. The molecule has 2 heterocycles. The molecule has 0 saturated carbocycles. The number of pyridine rings is 1. The molecule has 2 aromatic carbocycles. The Hall–Kier alpha value is -3.31. The average Bonchev–Trinajstić information content (AvgIpc) is 2.88. The molecule has 1 amide bonds. The molecule has 0 spiro atoms. The van der Waals surface area contributed by atoms with E-state index in [4.69, 9.17) is 4.74 Å². The number of nitrogens with one attached hydrogen (secondary N) is 3. The first kappa shape index (κ1) is 24.8. The first-order valence-electron chi connectivity index (χ1n) is 11.5. The molecular formula is C25H29N5O4S. The second-order valence-corrected chi connectivity index (χ2v) is 9.89. The van der Waals surface area contributed by atoms with E-state index in [2.05, 4.69) is 25.2 Å². The number of nitrogens with zero attached hydrogens (tertiary/aromatic N) is 2. The lowest BCUT2D eigenvalue weighted by Crippen LogP contribution is -2.38. The van der Waals surface area contributed by atoms with Crippen molar-refractivity contribution >= 4 is 33.0 Å². The van der Waals surface area contributed by atoms with Crippen LogP contribution in [0.15, 0.2) is 78.0 Å². The van der Waals surface area contributed by atoms with Gasteiger partial charge in [-0.2, -0.15) is 0 Å². The average molecular weight is 496 g/mol. The van der Waals surface area contributed by atoms with Gasteiger partial charge in [0.05, 0.1) is 18.1 Å². The normalized spacial score (nSPS) is 14.4. The van der Waals surface area contributed by atoms with Crippen LogP contribution >= 0.6 is 0 Å². The first-order valence-corrected chi connectivity index (χ1v) is 13.0. The maximum absolute atomic E-state index is 12.7. The molecule has 0 radical (unpaired) electrons. The lowest BCUT2D eigenvalue weighted by Gasteiger charge is -2.26. The first-order chi connectivity index (χ1) is 17.0. The van der Waals surface area contributed by atoms with E-state index in [-0.39, 0.29) is 10.8 Å². The van der Waals surface area contributed by atoms with Crippen LogP contribution in [0.2, 0.25) is 0 Å². The number of amides is 1. The zero-order valence-electron chi connectivity index (χ0n) is 19.3. The predicted octanol–water partition coefficient (Wildman–Crippen LogP) is 3.08. The molecular weight excluding hydrogens is 466 g/mol. The summed E-state index contributed by atoms with van der Waals surface area (Å²) in [5.74, 6) is -0.226. The molecule has 9 nitrogen and oxygen atoms in total. The van der Waals surface area contributed by atoms with Gasteiger partial charge in [0.1, 0.15) is 0 Å². The van der Waals surface area contributed by atoms with Crippen LogP contribution in [-0.2, 0) is 14.8 Å². The highest BCUT2D eigenvalue weighted by Gasteiger charge is 2.15. The van der Waals surface area contributed by atoms with Crippen molar-refractivity contribution in [2.24, 2.45) is 0 Å². The fourth-order valence-electron chi connectivity index (χ4n) is 3.67. The minimum Gasteiger partial charge on any atom is -0.379 e. The molecule has 1 aromatic heterocycles. The topological polar surface area (TPSA) is 113 Å². The summed E-state index contributed by atoms with van der Waals surface area (Å²) in [5.41, 5.74) is 2.54. The van der Waals surface area contributed by atoms with E-state index in [1.807, 2.05) is 0 Å². The van der Waals surface area contributed by atoms with Gasteiger partial charge in [0.25, 0.3) is 5.91 Å². The molecule has 10 heteroatoms. The van der Waals surface area contributed by atoms with Gasteiger partial charge in [0.15, 0.2) is 0 Å². The van der Waals surface area contributed by atoms with Gasteiger partial charge in [-0.05, 0) is 67.6 Å². The Balaban J connectivity index is 1.31. The molecule has 184 valence electrons. The van der Waals surface area contributed by atoms with E-state index in [0.29, 0.717) is 23.5 Å². The van der Waals surface area contributed by atoms with E-state index in [1.54, 1.807) is 73.1 Å². The summed E-state index contributed by atoms with van der Waals surface area (Å²) in [7, 11) is -3.62. The van der Waals surface area contributed by atoms with Gasteiger partial charge >= 0.3 is 0 Å². The third-order valence-corrected chi connectivity index (χ3v) is 7.02. The summed E-state index contributed by atoms with van der Waals surface area (Å²) in [6, 6.07) is 17.0. The predicted molar refractivity (Wildman–Crippen MR) is 135 cm³/mol. The van der Waals surface area contributed by atoms with Crippen LogP contribution in [0.3, 0.4) is 0 Å². The summed E-state index contributed by atoms with van der Waals surface area (Å²) in [4.78, 5) is 18.8. The molecule has 0 aliphatic carbocycles. The summed E-state index contributed by atoms with van der Waals surface area (Å²) in [6.45, 7) is 4.44. The Morgan fingerprint density at radius 2 is 1.69 bits per heavy atom. The fraction of sp³-hybridized carbons (Fsp3) is 0.280. The smallest absolute Gasteiger partial charge is 0.255 e. The van der Waals surface area contributed by atoms with Crippen LogP contribution in [0, 0.1) is 0 Å². The van der Waals surface area contributed by atoms with E-state index in [1.165, 1.54) is 0 Å². The zero-order valence-corrected chi connectivity index (χ0v) is 20.1. The number of ether oxygens (including phenoxy) is 1. The standard InChI is InChI=1S/C25H29N5O4S/c31-25(29-22-9-12-26-13-10-22)20-5-7-21(8-6-20)28-23-3-1-4-24(19-23)35(32,33)27-11-2-14-30-15-17-34-18-16-30/h1,3-10,12-13,19,27-28H,2,11,14-18H2,(H,26,29,31). The summed E-state index contributed by atoms with van der Waals surface area (Å²) >= 11 is 0. The second-order valence-electron chi connectivity index (χ2n) is 8.13. The highest BCUT2D eigenvalue weighted by Crippen LogP contribution is 2.21. The van der Waals surface area contributed by atoms with Crippen molar-refractivity contribution in [2.75, 3.05) is 50.0 Å². The van der Waals surface area contributed by atoms with Gasteiger partial charge in [-0.15, -0.1) is 0 Å². The molecule has 3 aromatic rings. The Kier molecular flexibility index (Phi) is 8.43. The minimum absolute atomic E-state index is 0.197. The van der Waals surface area contributed by atoms with Crippen LogP contribution in [0.1, 0.15) is 16.8 Å². The summed E-state index contributed by atoms with van der Waals surface area (Å²) < 4.78 is 33.5. The van der Waals surface area contributed by atoms with Crippen molar-refractivity contribution in [2.45, 2.75) is 11.3 Å². The van der Waals surface area contributed by atoms with Crippen molar-refractivity contribution in [3.63, 3.8) is 0 Å². The number of hydrogen-bond acceptors (Lipinski definition) is 7. The number of aromatic nitrogens is 1. The SMILES string of the molecule is O=C(Nc1ccncc1)c1ccc(Nc2cccc(S(=O)(=O)NCCCN3CCOCC3)c2)cc1. The second kappa shape index (κ2) is 11.9. The molecule has 3 N–H and O–H groups in total. The molecule has 4 rings (SSSR count). The number of anilines is 3. The van der Waals surface area contributed by atoms with Crippen molar-refractivity contribution < 1.29 is 17.9 Å². The van der Waals surface area contributed by atoms with Crippen molar-refractivity contribution in [1.82, 2.24) is 14.6 Å². The monoisotopic (exact) mass is 495 g/mol. The number of benzene rings is 2. The number of hydrogen-bond donors (Lipinski definition) is 3. The molecule has 1 aliphatic rings. The zero-order chi connectivity index (χ0) is 24.5. The minimum atomic E-state index is -3.62. The third-order valence-electron chi connectivity index (χ3n) is 5.57. The highest BCUT2D eigenvalue weighted by molar-refractivity contribution is 7.89. The van der Waals surface area contributed by atoms with E-state index in [0.717, 1.165) is 45.0 Å². The van der Waals surface area contributed by atoms with Crippen molar-refractivity contribution in [3.8, 4) is 0 Å². The van der Waals surface area contributed by atoms with Gasteiger partial charge in [0.2, 0.25) is 10.0 Å². The molecule has 1 aliphatic heterocycles. The number of rotatable bonds is 10. The van der Waals surface area contributed by atoms with E-state index >= 15 is 0 Å². The van der Waals surface area contributed by atoms with Crippen LogP contribution < -0.4 is 15.4 Å². The van der Waals surface area contributed by atoms with E-state index in [9.17, 15) is 13.2 Å². The summed E-state index contributed by atoms with van der Waals surface area (Å²) in [6.07, 6.45) is 3.95. The Morgan fingerprint density at radius 1 is 0.943 bits per heavy atom. The van der Waals surface area contributed by atoms with Gasteiger partial charge in [-0.1, -0.05) is 6.07 Å². The number of carbonyl (C=O) groups is 1. The number of morpholine rings is 1. The van der Waals surface area contributed by atoms with Crippen LogP contribution in [0.5, 0.6) is 0 Å². The fourth-order valence-corrected chi connectivity index (χ4v) is 4.79. The molecule has 0 unspecified atom stereocenters. The molecule has 1 saturated heterocycles. The summed E-state index contributed by atoms with van der Waals surface area (Å²) in [5, 5.41) is 6.00. The van der Waals surface area contributed by atoms with Gasteiger partial charge < -0.3 is 15.4 Å². The van der Waals surface area contributed by atoms with Crippen molar-refractivity contribution in [3.05, 3.63) is 78.6 Å². The Morgan fingerprint density at radius 3 is 2.43 bits per heavy atom. The Bertz CT molecular complexity index is 1210. The van der Waals surface area contributed by atoms with Gasteiger partial charge in [-0.3, -0.25) is 14.7 Å². The number of sulfonamides is 1. The molecule has 1 fully saturated rings. The highest BCUT2D eigenvalue weighted by atomic mass is 32.2. The van der Waals surface area contributed by atoms with Crippen LogP contribution in [-0.4, -0.2) is 63.6 Å². The lowest BCUT2D eigenvalue weighted by atomic mass is 10.2. The molecule has 0 bridgehead atoms. The van der Waals surface area contributed by atoms with Crippen LogP contribution in [0.25, 0.3) is 0 Å². The van der Waals surface area contributed by atoms with Gasteiger partial charge in [0, 0.05) is 54.7 Å². The van der Waals surface area contributed by atoms with E-state index < -0.39 is 10.0 Å². The quantitative estimate of drug-likeness (QED) is 0.371. The van der Waals surface area contributed by atoms with Crippen molar-refractivity contribution in [1.29, 1.82) is 0 Å². The molecule has 0 atom stereocenters. The number of carbonyl (C=O) groups excluding carboxylic acids is 1. The maximum Gasteiger partial charge on any atom is 0.255 e. The Labute approximate surface area is 205 Å². The largest absolute Gasteiger partial charge is 0.379 e. The van der Waals surface area contributed by atoms with Crippen LogP contribution in [0.4, 0.5) is 17.1 Å². The third kappa shape index (κ3) is 7.33. The lowest BCUT2D eigenvalue weighted by molar-refractivity contribution is 0.0376. The molecule has 35 heavy (non-hydrogen) atoms.